The maximum atomic E-state index is 13.0. The Kier molecular flexibility index (Phi) is 12.8. The summed E-state index contributed by atoms with van der Waals surface area (Å²) in [6.45, 7) is 18.4. The number of anilines is 4. The first kappa shape index (κ1) is 38.2. The molecule has 1 aromatic heterocycles. The van der Waals surface area contributed by atoms with Gasteiger partial charge in [0.25, 0.3) is 0 Å². The van der Waals surface area contributed by atoms with E-state index in [1.807, 2.05) is 34.6 Å². The second kappa shape index (κ2) is 16.4. The molecule has 268 valence electrons. The molecule has 0 unspecified atom stereocenters. The van der Waals surface area contributed by atoms with E-state index in [0.717, 1.165) is 50.1 Å². The highest BCUT2D eigenvalue weighted by Crippen LogP contribution is 2.38. The number of amides is 1. The topological polar surface area (TPSA) is 135 Å². The molecule has 11 nitrogen and oxygen atoms in total. The number of sulfone groups is 1. The van der Waals surface area contributed by atoms with Gasteiger partial charge in [0.05, 0.1) is 33.8 Å². The van der Waals surface area contributed by atoms with Crippen molar-refractivity contribution in [3.05, 3.63) is 58.7 Å². The maximum absolute atomic E-state index is 13.0. The minimum Gasteiger partial charge on any atom is -0.489 e. The smallest absolute Gasteiger partial charge is 0.407 e. The normalized spacial score (nSPS) is 14.6. The van der Waals surface area contributed by atoms with Crippen LogP contribution in [0.4, 0.5) is 27.9 Å². The Morgan fingerprint density at radius 2 is 1.76 bits per heavy atom. The van der Waals surface area contributed by atoms with Gasteiger partial charge in [-0.05, 0) is 136 Å². The molecule has 1 fully saturated rings. The van der Waals surface area contributed by atoms with E-state index in [4.69, 9.17) is 21.1 Å². The number of carbonyl (C=O) groups is 1. The number of para-hydroxylation sites is 1. The summed E-state index contributed by atoms with van der Waals surface area (Å²) in [5.41, 5.74) is 3.00. The van der Waals surface area contributed by atoms with Gasteiger partial charge < -0.3 is 30.3 Å². The summed E-state index contributed by atoms with van der Waals surface area (Å²) in [6, 6.07) is 10.9. The lowest BCUT2D eigenvalue weighted by Gasteiger charge is -2.33. The van der Waals surface area contributed by atoms with Crippen LogP contribution in [0.15, 0.2) is 47.5 Å². The van der Waals surface area contributed by atoms with E-state index in [0.29, 0.717) is 23.9 Å². The molecular formula is C36H51ClN6O5S. The lowest BCUT2D eigenvalue weighted by atomic mass is 9.86. The van der Waals surface area contributed by atoms with E-state index in [1.54, 1.807) is 38.1 Å². The fourth-order valence-corrected chi connectivity index (χ4v) is 7.04. The monoisotopic (exact) mass is 714 g/mol. The Bertz CT molecular complexity index is 1700. The predicted octanol–water partition coefficient (Wildman–Crippen LogP) is 7.99. The molecule has 1 amide bonds. The summed E-state index contributed by atoms with van der Waals surface area (Å²) in [5.74, 6) is 1.65. The van der Waals surface area contributed by atoms with Gasteiger partial charge in [0.2, 0.25) is 5.95 Å². The number of aryl methyl sites for hydroxylation is 1. The third-order valence-electron chi connectivity index (χ3n) is 8.14. The molecule has 0 spiro atoms. The molecule has 0 atom stereocenters. The highest BCUT2D eigenvalue weighted by Gasteiger charge is 2.25. The van der Waals surface area contributed by atoms with E-state index < -0.39 is 20.7 Å². The van der Waals surface area contributed by atoms with Gasteiger partial charge in [0, 0.05) is 6.54 Å². The Balaban J connectivity index is 1.45. The fourth-order valence-electron chi connectivity index (χ4n) is 5.70. The van der Waals surface area contributed by atoms with Crippen LogP contribution in [0.1, 0.15) is 84.8 Å². The van der Waals surface area contributed by atoms with Gasteiger partial charge in [-0.2, -0.15) is 4.98 Å². The quantitative estimate of drug-likeness (QED) is 0.150. The number of aromatic nitrogens is 2. The number of alkyl carbamates (subject to hydrolysis) is 1. The van der Waals surface area contributed by atoms with Gasteiger partial charge in [-0.3, -0.25) is 0 Å². The number of piperidine rings is 1. The number of benzene rings is 2. The number of ether oxygens (including phenoxy) is 2. The van der Waals surface area contributed by atoms with Crippen LogP contribution in [-0.4, -0.2) is 72.5 Å². The molecule has 1 aliphatic rings. The van der Waals surface area contributed by atoms with E-state index in [9.17, 15) is 13.2 Å². The molecule has 4 rings (SSSR count). The van der Waals surface area contributed by atoms with E-state index in [1.165, 1.54) is 11.8 Å². The van der Waals surface area contributed by atoms with Gasteiger partial charge in [0.1, 0.15) is 16.4 Å². The molecule has 13 heteroatoms. The number of likely N-dealkylation sites (tertiary alicyclic amines) is 1. The first-order valence-electron chi connectivity index (χ1n) is 16.9. The highest BCUT2D eigenvalue weighted by atomic mass is 35.5. The average Bonchev–Trinajstić information content (AvgIpc) is 3.01. The van der Waals surface area contributed by atoms with Crippen LogP contribution in [0.25, 0.3) is 0 Å². The third-order valence-corrected chi connectivity index (χ3v) is 10.6. The number of carbonyl (C=O) groups excluding carboxylic acids is 1. The molecule has 0 radical (unpaired) electrons. The zero-order chi connectivity index (χ0) is 35.9. The maximum Gasteiger partial charge on any atom is 0.407 e. The Labute approximate surface area is 296 Å². The number of hydrogen-bond donors (Lipinski definition) is 3. The van der Waals surface area contributed by atoms with Crippen LogP contribution >= 0.6 is 11.6 Å². The first-order chi connectivity index (χ1) is 23.0. The molecule has 49 heavy (non-hydrogen) atoms. The number of halogens is 1. The van der Waals surface area contributed by atoms with Crippen molar-refractivity contribution in [1.29, 1.82) is 0 Å². The SMILES string of the molecule is Cc1cc(Nc2ncc(Cl)c(Nc3ccccc3S(=O)(=O)C(C)C)n2)c(OC(C)C)cc1C1CCN(CCCNC(=O)OC(C)(C)C)CC1. The number of rotatable bonds is 13. The van der Waals surface area contributed by atoms with E-state index in [-0.39, 0.29) is 33.9 Å². The van der Waals surface area contributed by atoms with Crippen LogP contribution < -0.4 is 20.7 Å². The van der Waals surface area contributed by atoms with Crippen LogP contribution in [0, 0.1) is 6.92 Å². The van der Waals surface area contributed by atoms with Crippen molar-refractivity contribution in [2.24, 2.45) is 0 Å². The Morgan fingerprint density at radius 1 is 1.06 bits per heavy atom. The van der Waals surface area contributed by atoms with Crippen molar-refractivity contribution < 1.29 is 22.7 Å². The standard InChI is InChI=1S/C36H51ClN6O5S/c1-23(2)47-31-21-27(26-14-18-43(19-15-26)17-11-16-38-35(44)48-36(6,7)8)25(5)20-30(31)41-34-39-22-28(37)33(42-34)40-29-12-9-10-13-32(29)49(45,46)24(3)4/h9-10,12-13,20-24,26H,11,14-19H2,1-8H3,(H,38,44)(H2,39,40,41,42). The molecule has 1 saturated heterocycles. The van der Waals surface area contributed by atoms with Crippen molar-refractivity contribution in [2.75, 3.05) is 36.8 Å². The average molecular weight is 715 g/mol. The Morgan fingerprint density at radius 3 is 2.41 bits per heavy atom. The van der Waals surface area contributed by atoms with E-state index >= 15 is 0 Å². The van der Waals surface area contributed by atoms with Crippen molar-refractivity contribution in [2.45, 2.75) is 102 Å². The summed E-state index contributed by atoms with van der Waals surface area (Å²) in [5, 5.41) is 8.92. The molecule has 3 N–H and O–H groups in total. The van der Waals surface area contributed by atoms with Gasteiger partial charge in [-0.1, -0.05) is 23.7 Å². The van der Waals surface area contributed by atoms with E-state index in [2.05, 4.69) is 49.9 Å². The van der Waals surface area contributed by atoms with Gasteiger partial charge in [-0.15, -0.1) is 0 Å². The second-order valence-electron chi connectivity index (χ2n) is 14.0. The number of nitrogens with one attached hydrogen (secondary N) is 3. The largest absolute Gasteiger partial charge is 0.489 e. The van der Waals surface area contributed by atoms with Gasteiger partial charge >= 0.3 is 6.09 Å². The third kappa shape index (κ3) is 10.7. The molecule has 2 aromatic carbocycles. The van der Waals surface area contributed by atoms with Crippen LogP contribution in [0.2, 0.25) is 5.02 Å². The fraction of sp³-hybridized carbons (Fsp3) is 0.528. The minimum absolute atomic E-state index is 0.0602. The van der Waals surface area contributed by atoms with Gasteiger partial charge in [-0.25, -0.2) is 18.2 Å². The first-order valence-corrected chi connectivity index (χ1v) is 18.9. The van der Waals surface area contributed by atoms with Crippen LogP contribution in [0.5, 0.6) is 5.75 Å². The van der Waals surface area contributed by atoms with Crippen molar-refractivity contribution in [3.63, 3.8) is 0 Å². The number of hydrogen-bond acceptors (Lipinski definition) is 10. The molecule has 0 bridgehead atoms. The molecule has 0 saturated carbocycles. The Hall–Kier alpha value is -3.61. The summed E-state index contributed by atoms with van der Waals surface area (Å²) in [7, 11) is -3.55. The second-order valence-corrected chi connectivity index (χ2v) is 16.9. The summed E-state index contributed by atoms with van der Waals surface area (Å²) < 4.78 is 37.6. The summed E-state index contributed by atoms with van der Waals surface area (Å²) >= 11 is 6.47. The molecule has 0 aliphatic carbocycles. The molecule has 3 aromatic rings. The zero-order valence-electron chi connectivity index (χ0n) is 29.9. The highest BCUT2D eigenvalue weighted by molar-refractivity contribution is 7.92. The van der Waals surface area contributed by atoms with Crippen LogP contribution in [0.3, 0.4) is 0 Å². The summed E-state index contributed by atoms with van der Waals surface area (Å²) in [4.78, 5) is 23.6. The predicted molar refractivity (Wildman–Crippen MR) is 197 cm³/mol. The number of nitrogens with zero attached hydrogens (tertiary/aromatic N) is 3. The lowest BCUT2D eigenvalue weighted by molar-refractivity contribution is 0.0525. The molecular weight excluding hydrogens is 664 g/mol. The van der Waals surface area contributed by atoms with Crippen molar-refractivity contribution >= 4 is 50.7 Å². The van der Waals surface area contributed by atoms with Crippen LogP contribution in [-0.2, 0) is 14.6 Å². The lowest BCUT2D eigenvalue weighted by Crippen LogP contribution is -2.37. The van der Waals surface area contributed by atoms with Crippen molar-refractivity contribution in [1.82, 2.24) is 20.2 Å². The zero-order valence-corrected chi connectivity index (χ0v) is 31.5. The minimum atomic E-state index is -3.55. The summed E-state index contributed by atoms with van der Waals surface area (Å²) in [6.07, 6.45) is 3.96. The molecule has 1 aliphatic heterocycles. The van der Waals surface area contributed by atoms with Gasteiger partial charge in [0.15, 0.2) is 15.7 Å². The van der Waals surface area contributed by atoms with Crippen molar-refractivity contribution in [3.8, 4) is 5.75 Å². The molecule has 2 heterocycles.